The zero-order chi connectivity index (χ0) is 13.1. The first-order valence-electron chi connectivity index (χ1n) is 6.40. The molecule has 3 nitrogen and oxygen atoms in total. The van der Waals surface area contributed by atoms with Crippen LogP contribution in [0.5, 0.6) is 0 Å². The molecule has 1 atom stereocenters. The van der Waals surface area contributed by atoms with Crippen LogP contribution in [-0.2, 0) is 5.33 Å². The molecule has 2 aromatic heterocycles. The van der Waals surface area contributed by atoms with Gasteiger partial charge in [-0.3, -0.25) is 0 Å². The number of hydrogen-bond acceptors (Lipinski definition) is 2. The molecule has 0 bridgehead atoms. The van der Waals surface area contributed by atoms with E-state index in [9.17, 15) is 0 Å². The molecule has 0 saturated carbocycles. The Bertz CT molecular complexity index is 521. The van der Waals surface area contributed by atoms with Crippen molar-refractivity contribution in [2.24, 2.45) is 5.92 Å². The van der Waals surface area contributed by atoms with E-state index in [2.05, 4.69) is 52.3 Å². The zero-order valence-corrected chi connectivity index (χ0v) is 12.8. The van der Waals surface area contributed by atoms with Gasteiger partial charge in [0.25, 0.3) is 0 Å². The molecule has 2 rings (SSSR count). The second-order valence-electron chi connectivity index (χ2n) is 4.84. The van der Waals surface area contributed by atoms with E-state index in [0.717, 1.165) is 23.3 Å². The van der Waals surface area contributed by atoms with Gasteiger partial charge in [-0.15, -0.1) is 0 Å². The number of rotatable bonds is 5. The number of hydrogen-bond donors (Lipinski definition) is 0. The summed E-state index contributed by atoms with van der Waals surface area (Å²) in [5, 5.41) is 0.818. The summed E-state index contributed by atoms with van der Waals surface area (Å²) in [6.07, 6.45) is 3.26. The quantitative estimate of drug-likeness (QED) is 0.785. The smallest absolute Gasteiger partial charge is 0.151 e. The van der Waals surface area contributed by atoms with Gasteiger partial charge in [0.2, 0.25) is 0 Å². The van der Waals surface area contributed by atoms with Gasteiger partial charge in [0.1, 0.15) is 5.65 Å². The average Bonchev–Trinajstić information content (AvgIpc) is 2.77. The summed E-state index contributed by atoms with van der Waals surface area (Å²) in [5.41, 5.74) is 2.23. The summed E-state index contributed by atoms with van der Waals surface area (Å²) >= 11 is 3.57. The van der Waals surface area contributed by atoms with Gasteiger partial charge in [-0.2, -0.15) is 0 Å². The standard InChI is InChI=1S/C14H20BrN3/c1-4-11(2)10-17(3)14-12(9-15)18-8-6-5-7-13(18)16-14/h5-8,11H,4,9-10H2,1-3H3. The van der Waals surface area contributed by atoms with Crippen molar-refractivity contribution in [3.63, 3.8) is 0 Å². The lowest BCUT2D eigenvalue weighted by atomic mass is 10.1. The molecule has 4 heteroatoms. The Morgan fingerprint density at radius 3 is 2.89 bits per heavy atom. The lowest BCUT2D eigenvalue weighted by molar-refractivity contribution is 0.557. The van der Waals surface area contributed by atoms with Crippen LogP contribution in [0.15, 0.2) is 24.4 Å². The van der Waals surface area contributed by atoms with Gasteiger partial charge in [0.15, 0.2) is 5.82 Å². The van der Waals surface area contributed by atoms with Crippen molar-refractivity contribution in [2.45, 2.75) is 25.6 Å². The Labute approximate surface area is 117 Å². The predicted octanol–water partition coefficient (Wildman–Crippen LogP) is 3.71. The van der Waals surface area contributed by atoms with Crippen molar-refractivity contribution >= 4 is 27.4 Å². The zero-order valence-electron chi connectivity index (χ0n) is 11.2. The van der Waals surface area contributed by atoms with Gasteiger partial charge >= 0.3 is 0 Å². The molecule has 0 saturated heterocycles. The molecule has 0 amide bonds. The predicted molar refractivity (Wildman–Crippen MR) is 80.5 cm³/mol. The fourth-order valence-electron chi connectivity index (χ4n) is 2.15. The van der Waals surface area contributed by atoms with Gasteiger partial charge in [-0.1, -0.05) is 42.3 Å². The third-order valence-corrected chi connectivity index (χ3v) is 3.91. The summed E-state index contributed by atoms with van der Waals surface area (Å²) in [5.74, 6) is 1.77. The minimum atomic E-state index is 0.683. The normalized spacial score (nSPS) is 12.9. The second-order valence-corrected chi connectivity index (χ2v) is 5.40. The number of fused-ring (bicyclic) bond motifs is 1. The largest absolute Gasteiger partial charge is 0.358 e. The van der Waals surface area contributed by atoms with E-state index in [1.165, 1.54) is 12.1 Å². The second kappa shape index (κ2) is 5.74. The van der Waals surface area contributed by atoms with Crippen LogP contribution >= 0.6 is 15.9 Å². The van der Waals surface area contributed by atoms with E-state index in [4.69, 9.17) is 4.98 Å². The topological polar surface area (TPSA) is 20.5 Å². The highest BCUT2D eigenvalue weighted by atomic mass is 79.9. The number of nitrogens with zero attached hydrogens (tertiary/aromatic N) is 3. The third-order valence-electron chi connectivity index (χ3n) is 3.38. The van der Waals surface area contributed by atoms with E-state index in [1.54, 1.807) is 0 Å². The highest BCUT2D eigenvalue weighted by Crippen LogP contribution is 2.24. The van der Waals surface area contributed by atoms with Crippen LogP contribution in [0.4, 0.5) is 5.82 Å². The van der Waals surface area contributed by atoms with E-state index in [0.29, 0.717) is 5.92 Å². The summed E-state index contributed by atoms with van der Waals surface area (Å²) < 4.78 is 2.15. The molecule has 2 aromatic rings. The number of alkyl halides is 1. The maximum Gasteiger partial charge on any atom is 0.151 e. The molecule has 98 valence electrons. The van der Waals surface area contributed by atoms with Crippen LogP contribution in [0.2, 0.25) is 0 Å². The van der Waals surface area contributed by atoms with Crippen LogP contribution in [0.1, 0.15) is 26.0 Å². The molecule has 0 aliphatic carbocycles. The van der Waals surface area contributed by atoms with Gasteiger partial charge in [0.05, 0.1) is 5.69 Å². The lowest BCUT2D eigenvalue weighted by Gasteiger charge is -2.21. The molecule has 1 unspecified atom stereocenters. The van der Waals surface area contributed by atoms with E-state index in [1.807, 2.05) is 18.2 Å². The van der Waals surface area contributed by atoms with Crippen molar-refractivity contribution in [3.8, 4) is 0 Å². The van der Waals surface area contributed by atoms with E-state index < -0.39 is 0 Å². The summed E-state index contributed by atoms with van der Waals surface area (Å²) in [7, 11) is 2.13. The van der Waals surface area contributed by atoms with Crippen LogP contribution < -0.4 is 4.90 Å². The molecule has 0 radical (unpaired) electrons. The molecule has 18 heavy (non-hydrogen) atoms. The molecular formula is C14H20BrN3. The van der Waals surface area contributed by atoms with Crippen molar-refractivity contribution in [1.82, 2.24) is 9.38 Å². The first-order chi connectivity index (χ1) is 8.67. The Morgan fingerprint density at radius 2 is 2.22 bits per heavy atom. The lowest BCUT2D eigenvalue weighted by Crippen LogP contribution is -2.24. The van der Waals surface area contributed by atoms with Gasteiger partial charge in [-0.05, 0) is 18.1 Å². The highest BCUT2D eigenvalue weighted by molar-refractivity contribution is 9.08. The SMILES string of the molecule is CCC(C)CN(C)c1nc2ccccn2c1CBr. The van der Waals surface area contributed by atoms with Crippen molar-refractivity contribution in [1.29, 1.82) is 0 Å². The molecule has 2 heterocycles. The Balaban J connectivity index is 2.37. The Morgan fingerprint density at radius 1 is 1.44 bits per heavy atom. The molecule has 0 aliphatic heterocycles. The number of pyridine rings is 1. The molecular weight excluding hydrogens is 290 g/mol. The maximum atomic E-state index is 4.73. The molecule has 0 aromatic carbocycles. The number of imidazole rings is 1. The van der Waals surface area contributed by atoms with Crippen LogP contribution in [-0.4, -0.2) is 23.0 Å². The summed E-state index contributed by atoms with van der Waals surface area (Å²) in [6, 6.07) is 6.12. The molecule has 0 spiro atoms. The summed E-state index contributed by atoms with van der Waals surface area (Å²) in [4.78, 5) is 6.99. The minimum Gasteiger partial charge on any atom is -0.358 e. The van der Waals surface area contributed by atoms with E-state index in [-0.39, 0.29) is 0 Å². The van der Waals surface area contributed by atoms with Gasteiger partial charge in [0, 0.05) is 25.1 Å². The summed E-state index contributed by atoms with van der Waals surface area (Å²) in [6.45, 7) is 5.55. The van der Waals surface area contributed by atoms with E-state index >= 15 is 0 Å². The van der Waals surface area contributed by atoms with Crippen molar-refractivity contribution in [3.05, 3.63) is 30.1 Å². The average molecular weight is 310 g/mol. The monoisotopic (exact) mass is 309 g/mol. The van der Waals surface area contributed by atoms with Crippen molar-refractivity contribution in [2.75, 3.05) is 18.5 Å². The van der Waals surface area contributed by atoms with Gasteiger partial charge < -0.3 is 9.30 Å². The van der Waals surface area contributed by atoms with Crippen LogP contribution in [0.25, 0.3) is 5.65 Å². The number of halogens is 1. The molecule has 0 fully saturated rings. The number of aromatic nitrogens is 2. The Hall–Kier alpha value is -1.03. The molecule has 0 aliphatic rings. The van der Waals surface area contributed by atoms with Crippen LogP contribution in [0.3, 0.4) is 0 Å². The number of anilines is 1. The van der Waals surface area contributed by atoms with Gasteiger partial charge in [-0.25, -0.2) is 4.98 Å². The van der Waals surface area contributed by atoms with Crippen LogP contribution in [0, 0.1) is 5.92 Å². The maximum absolute atomic E-state index is 4.73. The highest BCUT2D eigenvalue weighted by Gasteiger charge is 2.15. The molecule has 0 N–H and O–H groups in total. The first-order valence-corrected chi connectivity index (χ1v) is 7.52. The van der Waals surface area contributed by atoms with Crippen molar-refractivity contribution < 1.29 is 0 Å². The Kier molecular flexibility index (Phi) is 4.27. The first kappa shape index (κ1) is 13.4. The fraction of sp³-hybridized carbons (Fsp3) is 0.500. The fourth-order valence-corrected chi connectivity index (χ4v) is 2.67. The minimum absolute atomic E-state index is 0.683. The third kappa shape index (κ3) is 2.53.